The van der Waals surface area contributed by atoms with Crippen molar-refractivity contribution in [2.75, 3.05) is 12.4 Å². The first kappa shape index (κ1) is 26.1. The molecule has 0 saturated carbocycles. The van der Waals surface area contributed by atoms with Crippen molar-refractivity contribution in [3.05, 3.63) is 127 Å². The van der Waals surface area contributed by atoms with Crippen LogP contribution in [0.25, 0.3) is 17.0 Å². The van der Waals surface area contributed by atoms with Crippen LogP contribution in [0, 0.1) is 12.3 Å². The van der Waals surface area contributed by atoms with Crippen molar-refractivity contribution in [1.82, 2.24) is 9.13 Å². The molecule has 0 spiro atoms. The van der Waals surface area contributed by atoms with Gasteiger partial charge in [0.05, 0.1) is 35.5 Å². The standard InChI is InChI=1S/C33H26N4O3S/c1-4-17-36-20-23(26-15-8-9-16-27(26)36)19-28-32(39)37-30(22-11-10-14-25(18-22)40-3)29(21(2)34-33(37)41-28)31(38)35-24-12-6-5-7-13-24/h1,5-16,18-20,30H,17H2,2-3H3,(H,35,38). The maximum absolute atomic E-state index is 14.1. The number of anilines is 1. The quantitative estimate of drug-likeness (QED) is 0.313. The molecule has 1 aliphatic heterocycles. The fourth-order valence-corrected chi connectivity index (χ4v) is 6.26. The Morgan fingerprint density at radius 1 is 1.12 bits per heavy atom. The van der Waals surface area contributed by atoms with Crippen LogP contribution in [0.2, 0.25) is 0 Å². The van der Waals surface area contributed by atoms with Gasteiger partial charge in [0.15, 0.2) is 4.80 Å². The molecule has 2 aromatic heterocycles. The van der Waals surface area contributed by atoms with E-state index in [1.807, 2.05) is 95.7 Å². The van der Waals surface area contributed by atoms with Crippen molar-refractivity contribution in [3.63, 3.8) is 0 Å². The smallest absolute Gasteiger partial charge is 0.271 e. The van der Waals surface area contributed by atoms with Gasteiger partial charge < -0.3 is 14.6 Å². The van der Waals surface area contributed by atoms with E-state index in [0.717, 1.165) is 22.0 Å². The van der Waals surface area contributed by atoms with Gasteiger partial charge in [0, 0.05) is 28.4 Å². The molecule has 1 N–H and O–H groups in total. The predicted octanol–water partition coefficient (Wildman–Crippen LogP) is 4.47. The predicted molar refractivity (Wildman–Crippen MR) is 163 cm³/mol. The molecule has 1 unspecified atom stereocenters. The highest BCUT2D eigenvalue weighted by Gasteiger charge is 2.32. The number of carbonyl (C=O) groups is 1. The zero-order valence-corrected chi connectivity index (χ0v) is 23.3. The van der Waals surface area contributed by atoms with E-state index in [0.29, 0.717) is 38.6 Å². The minimum atomic E-state index is -0.699. The van der Waals surface area contributed by atoms with Crippen LogP contribution in [0.4, 0.5) is 5.69 Å². The molecule has 0 radical (unpaired) electrons. The van der Waals surface area contributed by atoms with Gasteiger partial charge in [-0.25, -0.2) is 4.99 Å². The van der Waals surface area contributed by atoms with Crippen LogP contribution in [0.1, 0.15) is 24.1 Å². The van der Waals surface area contributed by atoms with Gasteiger partial charge in [-0.05, 0) is 48.9 Å². The summed E-state index contributed by atoms with van der Waals surface area (Å²) >= 11 is 1.30. The summed E-state index contributed by atoms with van der Waals surface area (Å²) in [4.78, 5) is 33.1. The Kier molecular flexibility index (Phi) is 6.88. The van der Waals surface area contributed by atoms with Crippen LogP contribution in [-0.4, -0.2) is 22.2 Å². The summed E-state index contributed by atoms with van der Waals surface area (Å²) in [6.45, 7) is 2.22. The number of aromatic nitrogens is 2. The Hall–Kier alpha value is -5.13. The molecule has 0 bridgehead atoms. The topological polar surface area (TPSA) is 77.6 Å². The lowest BCUT2D eigenvalue weighted by atomic mass is 9.95. The number of rotatable bonds is 6. The maximum Gasteiger partial charge on any atom is 0.271 e. The second-order valence-electron chi connectivity index (χ2n) is 9.61. The number of hydrogen-bond acceptors (Lipinski definition) is 5. The minimum Gasteiger partial charge on any atom is -0.497 e. The lowest BCUT2D eigenvalue weighted by Crippen LogP contribution is -2.40. The summed E-state index contributed by atoms with van der Waals surface area (Å²) in [5, 5.41) is 3.97. The Balaban J connectivity index is 1.54. The molecule has 1 atom stereocenters. The van der Waals surface area contributed by atoms with Gasteiger partial charge in [0.1, 0.15) is 5.75 Å². The Morgan fingerprint density at radius 3 is 2.68 bits per heavy atom. The van der Waals surface area contributed by atoms with E-state index in [1.54, 1.807) is 18.6 Å². The Labute approximate surface area is 240 Å². The van der Waals surface area contributed by atoms with E-state index in [1.165, 1.54) is 11.3 Å². The fraction of sp³-hybridized carbons (Fsp3) is 0.121. The molecular weight excluding hydrogens is 532 g/mol. The van der Waals surface area contributed by atoms with Gasteiger partial charge in [0.2, 0.25) is 0 Å². The Bertz CT molecular complexity index is 2060. The van der Waals surface area contributed by atoms with E-state index in [2.05, 4.69) is 11.2 Å². The average molecular weight is 559 g/mol. The van der Waals surface area contributed by atoms with Gasteiger partial charge >= 0.3 is 0 Å². The maximum atomic E-state index is 14.1. The second-order valence-corrected chi connectivity index (χ2v) is 10.6. The average Bonchev–Trinajstić information content (AvgIpc) is 3.49. The summed E-state index contributed by atoms with van der Waals surface area (Å²) in [5.74, 6) is 3.00. The first-order valence-electron chi connectivity index (χ1n) is 13.0. The van der Waals surface area contributed by atoms with Crippen LogP contribution in [0.15, 0.2) is 106 Å². The number of nitrogens with one attached hydrogen (secondary N) is 1. The molecule has 6 rings (SSSR count). The van der Waals surface area contributed by atoms with E-state index >= 15 is 0 Å². The highest BCUT2D eigenvalue weighted by atomic mass is 32.1. The lowest BCUT2D eigenvalue weighted by Gasteiger charge is -2.25. The number of benzene rings is 3. The third kappa shape index (κ3) is 4.77. The van der Waals surface area contributed by atoms with Crippen molar-refractivity contribution >= 4 is 39.9 Å². The first-order valence-corrected chi connectivity index (χ1v) is 13.8. The molecule has 202 valence electrons. The number of methoxy groups -OCH3 is 1. The number of allylic oxidation sites excluding steroid dienone is 1. The van der Waals surface area contributed by atoms with Crippen molar-refractivity contribution < 1.29 is 9.53 Å². The van der Waals surface area contributed by atoms with Crippen LogP contribution >= 0.6 is 11.3 Å². The molecule has 0 aliphatic carbocycles. The number of hydrogen-bond donors (Lipinski definition) is 1. The molecule has 3 aromatic carbocycles. The van der Waals surface area contributed by atoms with Crippen molar-refractivity contribution in [3.8, 4) is 18.1 Å². The SMILES string of the molecule is C#CCn1cc(C=c2sc3n(c2=O)C(c2cccc(OC)c2)C(C(=O)Nc2ccccc2)=C(C)N=3)c2ccccc21. The van der Waals surface area contributed by atoms with Gasteiger partial charge in [-0.15, -0.1) is 6.42 Å². The number of carbonyl (C=O) groups excluding carboxylic acids is 1. The second kappa shape index (κ2) is 10.8. The summed E-state index contributed by atoms with van der Waals surface area (Å²) in [5.41, 5.74) is 3.99. The van der Waals surface area contributed by atoms with E-state index in [9.17, 15) is 9.59 Å². The first-order chi connectivity index (χ1) is 20.0. The molecule has 3 heterocycles. The summed E-state index contributed by atoms with van der Waals surface area (Å²) in [6.07, 6.45) is 9.45. The van der Waals surface area contributed by atoms with Crippen LogP contribution in [0.5, 0.6) is 5.75 Å². The molecule has 1 aliphatic rings. The number of nitrogens with zero attached hydrogens (tertiary/aromatic N) is 3. The third-order valence-electron chi connectivity index (χ3n) is 7.08. The van der Waals surface area contributed by atoms with Crippen LogP contribution in [0.3, 0.4) is 0 Å². The lowest BCUT2D eigenvalue weighted by molar-refractivity contribution is -0.113. The van der Waals surface area contributed by atoms with Crippen molar-refractivity contribution in [1.29, 1.82) is 0 Å². The molecule has 41 heavy (non-hydrogen) atoms. The fourth-order valence-electron chi connectivity index (χ4n) is 5.22. The number of ether oxygens (including phenoxy) is 1. The molecular formula is C33H26N4O3S. The number of terminal acetylenes is 1. The largest absolute Gasteiger partial charge is 0.497 e. The van der Waals surface area contributed by atoms with Gasteiger partial charge in [0.25, 0.3) is 11.5 Å². The highest BCUT2D eigenvalue weighted by Crippen LogP contribution is 2.32. The Morgan fingerprint density at radius 2 is 1.90 bits per heavy atom. The highest BCUT2D eigenvalue weighted by molar-refractivity contribution is 7.07. The van der Waals surface area contributed by atoms with Gasteiger partial charge in [-0.1, -0.05) is 65.8 Å². The number of fused-ring (bicyclic) bond motifs is 2. The van der Waals surface area contributed by atoms with Crippen LogP contribution in [-0.2, 0) is 11.3 Å². The van der Waals surface area contributed by atoms with Crippen molar-refractivity contribution in [2.45, 2.75) is 19.5 Å². The molecule has 7 nitrogen and oxygen atoms in total. The monoisotopic (exact) mass is 558 g/mol. The molecule has 0 saturated heterocycles. The molecule has 0 fully saturated rings. The number of thiazole rings is 1. The summed E-state index contributed by atoms with van der Waals surface area (Å²) in [7, 11) is 1.59. The molecule has 5 aromatic rings. The zero-order valence-electron chi connectivity index (χ0n) is 22.5. The summed E-state index contributed by atoms with van der Waals surface area (Å²) < 4.78 is 9.60. The van der Waals surface area contributed by atoms with E-state index in [4.69, 9.17) is 16.2 Å². The number of para-hydroxylation sites is 2. The molecule has 1 amide bonds. The van der Waals surface area contributed by atoms with Crippen LogP contribution < -0.4 is 24.9 Å². The van der Waals surface area contributed by atoms with E-state index in [-0.39, 0.29) is 11.5 Å². The zero-order chi connectivity index (χ0) is 28.5. The van der Waals surface area contributed by atoms with Gasteiger partial charge in [-0.3, -0.25) is 14.2 Å². The minimum absolute atomic E-state index is 0.229. The van der Waals surface area contributed by atoms with Crippen molar-refractivity contribution in [2.24, 2.45) is 4.99 Å². The normalized spacial score (nSPS) is 14.9. The van der Waals surface area contributed by atoms with Gasteiger partial charge in [-0.2, -0.15) is 0 Å². The summed E-state index contributed by atoms with van der Waals surface area (Å²) in [6, 6.07) is 23.9. The molecule has 8 heteroatoms. The third-order valence-corrected chi connectivity index (χ3v) is 8.06. The number of amides is 1. The van der Waals surface area contributed by atoms with E-state index < -0.39 is 6.04 Å².